The molecule has 5 heteroatoms. The van der Waals surface area contributed by atoms with Crippen LogP contribution in [0.3, 0.4) is 0 Å². The first kappa shape index (κ1) is 33.8. The number of aromatic nitrogens is 1. The highest BCUT2D eigenvalue weighted by Gasteiger charge is 2.43. The van der Waals surface area contributed by atoms with Crippen molar-refractivity contribution in [1.82, 2.24) is 4.98 Å². The summed E-state index contributed by atoms with van der Waals surface area (Å²) in [5.74, 6) is 0. The van der Waals surface area contributed by atoms with E-state index in [1.54, 1.807) is 0 Å². The monoisotopic (exact) mass is 700 g/mol. The summed E-state index contributed by atoms with van der Waals surface area (Å²) in [6, 6.07) is 55.6. The molecule has 0 saturated heterocycles. The average Bonchev–Trinajstić information content (AvgIpc) is 3.18. The standard InChI is InChI=1S/C49H45BN4/c1-48(2,3)34-21-25-38(26-22-34)52(39-27-23-35(24-28-39)49(4,5)6)40-29-30-42-44(31-40)54(37-17-11-8-12-18-37)46-33-51-32-45-47(46)50(42)41-19-13-14-20-43(41)53(45)36-15-9-7-10-16-36/h7-33H,1-6H3. The first-order chi connectivity index (χ1) is 26.1. The molecule has 9 rings (SSSR count). The molecule has 264 valence electrons. The number of fused-ring (bicyclic) bond motifs is 4. The predicted molar refractivity (Wildman–Crippen MR) is 230 cm³/mol. The van der Waals surface area contributed by atoms with Gasteiger partial charge in [0.1, 0.15) is 0 Å². The minimum Gasteiger partial charge on any atom is -0.310 e. The van der Waals surface area contributed by atoms with E-state index in [-0.39, 0.29) is 17.5 Å². The summed E-state index contributed by atoms with van der Waals surface area (Å²) in [6.45, 7) is 13.7. The maximum Gasteiger partial charge on any atom is 0.252 e. The zero-order valence-corrected chi connectivity index (χ0v) is 32.0. The van der Waals surface area contributed by atoms with Crippen LogP contribution in [0.25, 0.3) is 0 Å². The van der Waals surface area contributed by atoms with Gasteiger partial charge in [0.15, 0.2) is 0 Å². The second-order valence-electron chi connectivity index (χ2n) is 16.6. The van der Waals surface area contributed by atoms with Gasteiger partial charge in [-0.25, -0.2) is 0 Å². The Balaban J connectivity index is 1.28. The zero-order chi connectivity index (χ0) is 37.2. The van der Waals surface area contributed by atoms with Crippen molar-refractivity contribution in [2.45, 2.75) is 52.4 Å². The van der Waals surface area contributed by atoms with E-state index < -0.39 is 0 Å². The number of hydrogen-bond acceptors (Lipinski definition) is 4. The molecule has 2 aliphatic heterocycles. The van der Waals surface area contributed by atoms with Crippen LogP contribution in [0.5, 0.6) is 0 Å². The third kappa shape index (κ3) is 5.67. The quantitative estimate of drug-likeness (QED) is 0.167. The van der Waals surface area contributed by atoms with Crippen LogP contribution in [-0.4, -0.2) is 11.7 Å². The maximum absolute atomic E-state index is 4.95. The Labute approximate surface area is 320 Å². The van der Waals surface area contributed by atoms with Crippen molar-refractivity contribution in [2.75, 3.05) is 14.7 Å². The van der Waals surface area contributed by atoms with Gasteiger partial charge < -0.3 is 14.7 Å². The van der Waals surface area contributed by atoms with Gasteiger partial charge >= 0.3 is 0 Å². The van der Waals surface area contributed by atoms with Crippen LogP contribution >= 0.6 is 0 Å². The molecule has 54 heavy (non-hydrogen) atoms. The van der Waals surface area contributed by atoms with Gasteiger partial charge in [-0.2, -0.15) is 0 Å². The number of para-hydroxylation sites is 3. The summed E-state index contributed by atoms with van der Waals surface area (Å²) in [4.78, 5) is 12.1. The SMILES string of the molecule is CC(C)(C)c1ccc(N(c2ccc(C(C)(C)C)cc2)c2ccc3c(c2)N(c2ccccc2)c2cncc4c2B3c2ccccc2N4c2ccccc2)cc1. The van der Waals surface area contributed by atoms with Gasteiger partial charge in [0.2, 0.25) is 0 Å². The molecule has 6 aromatic carbocycles. The van der Waals surface area contributed by atoms with E-state index in [0.29, 0.717) is 0 Å². The molecule has 0 fully saturated rings. The van der Waals surface area contributed by atoms with Crippen molar-refractivity contribution in [3.05, 3.63) is 175 Å². The largest absolute Gasteiger partial charge is 0.310 e. The summed E-state index contributed by atoms with van der Waals surface area (Å²) in [6.07, 6.45) is 4.10. The topological polar surface area (TPSA) is 22.6 Å². The van der Waals surface area contributed by atoms with Crippen molar-refractivity contribution in [3.8, 4) is 0 Å². The summed E-state index contributed by atoms with van der Waals surface area (Å²) in [7, 11) is 0. The van der Waals surface area contributed by atoms with E-state index in [0.717, 1.165) is 45.5 Å². The van der Waals surface area contributed by atoms with Gasteiger partial charge in [-0.1, -0.05) is 126 Å². The lowest BCUT2D eigenvalue weighted by molar-refractivity contribution is 0.590. The number of anilines is 9. The molecular formula is C49H45BN4. The second kappa shape index (κ2) is 12.8. The van der Waals surface area contributed by atoms with E-state index in [9.17, 15) is 0 Å². The maximum atomic E-state index is 4.95. The van der Waals surface area contributed by atoms with Crippen molar-refractivity contribution in [2.24, 2.45) is 0 Å². The Hall–Kier alpha value is -6.07. The van der Waals surface area contributed by atoms with E-state index in [1.165, 1.54) is 33.2 Å². The van der Waals surface area contributed by atoms with E-state index in [1.807, 2.05) is 6.20 Å². The Bertz CT molecular complexity index is 2410. The van der Waals surface area contributed by atoms with E-state index in [2.05, 4.69) is 214 Å². The third-order valence-electron chi connectivity index (χ3n) is 11.0. The highest BCUT2D eigenvalue weighted by atomic mass is 15.2. The van der Waals surface area contributed by atoms with Crippen LogP contribution in [0.4, 0.5) is 51.2 Å². The molecule has 0 bridgehead atoms. The molecule has 7 aromatic rings. The van der Waals surface area contributed by atoms with Crippen LogP contribution in [-0.2, 0) is 10.8 Å². The molecule has 0 aliphatic carbocycles. The number of nitrogens with zero attached hydrogens (tertiary/aromatic N) is 4. The van der Waals surface area contributed by atoms with E-state index in [4.69, 9.17) is 4.98 Å². The van der Waals surface area contributed by atoms with Crippen LogP contribution < -0.4 is 31.1 Å². The molecule has 4 nitrogen and oxygen atoms in total. The van der Waals surface area contributed by atoms with E-state index >= 15 is 0 Å². The van der Waals surface area contributed by atoms with Crippen molar-refractivity contribution >= 4 is 74.3 Å². The van der Waals surface area contributed by atoms with Gasteiger partial charge in [-0.15, -0.1) is 0 Å². The molecule has 0 atom stereocenters. The molecule has 0 radical (unpaired) electrons. The predicted octanol–water partition coefficient (Wildman–Crippen LogP) is 11.2. The third-order valence-corrected chi connectivity index (χ3v) is 11.0. The van der Waals surface area contributed by atoms with Gasteiger partial charge in [0.25, 0.3) is 6.71 Å². The number of rotatable bonds is 5. The molecule has 0 N–H and O–H groups in total. The fourth-order valence-corrected chi connectivity index (χ4v) is 8.26. The molecule has 2 aliphatic rings. The minimum atomic E-state index is 0.0313. The van der Waals surface area contributed by atoms with Gasteiger partial charge in [0, 0.05) is 39.8 Å². The van der Waals surface area contributed by atoms with Crippen LogP contribution in [0, 0.1) is 0 Å². The van der Waals surface area contributed by atoms with Gasteiger partial charge in [0.05, 0.1) is 23.8 Å². The lowest BCUT2D eigenvalue weighted by Gasteiger charge is -2.44. The van der Waals surface area contributed by atoms with Crippen molar-refractivity contribution < 1.29 is 0 Å². The fraction of sp³-hybridized carbons (Fsp3) is 0.163. The second-order valence-corrected chi connectivity index (χ2v) is 16.6. The van der Waals surface area contributed by atoms with Gasteiger partial charge in [-0.05, 0) is 105 Å². The molecule has 1 aromatic heterocycles. The first-order valence-corrected chi connectivity index (χ1v) is 19.0. The van der Waals surface area contributed by atoms with Gasteiger partial charge in [-0.3, -0.25) is 4.98 Å². The zero-order valence-electron chi connectivity index (χ0n) is 32.0. The number of benzene rings is 6. The fourth-order valence-electron chi connectivity index (χ4n) is 8.26. The lowest BCUT2D eigenvalue weighted by atomic mass is 9.33. The molecule has 3 heterocycles. The lowest BCUT2D eigenvalue weighted by Crippen LogP contribution is -2.61. The molecule has 0 unspecified atom stereocenters. The number of pyridine rings is 1. The number of hydrogen-bond donors (Lipinski definition) is 0. The summed E-state index contributed by atoms with van der Waals surface area (Å²) < 4.78 is 0. The molecular weight excluding hydrogens is 655 g/mol. The highest BCUT2D eigenvalue weighted by molar-refractivity contribution is 7.00. The Morgan fingerprint density at radius 1 is 0.444 bits per heavy atom. The van der Waals surface area contributed by atoms with Crippen molar-refractivity contribution in [3.63, 3.8) is 0 Å². The van der Waals surface area contributed by atoms with Crippen LogP contribution in [0.1, 0.15) is 52.7 Å². The molecule has 0 spiro atoms. The van der Waals surface area contributed by atoms with Crippen LogP contribution in [0.15, 0.2) is 164 Å². The smallest absolute Gasteiger partial charge is 0.252 e. The molecule has 0 saturated carbocycles. The first-order valence-electron chi connectivity index (χ1n) is 19.0. The highest BCUT2D eigenvalue weighted by Crippen LogP contribution is 2.45. The summed E-state index contributed by atoms with van der Waals surface area (Å²) in [5, 5.41) is 0. The Morgan fingerprint density at radius 3 is 1.41 bits per heavy atom. The molecule has 0 amide bonds. The Morgan fingerprint density at radius 2 is 0.889 bits per heavy atom. The normalized spacial score (nSPS) is 13.3. The summed E-state index contributed by atoms with van der Waals surface area (Å²) >= 11 is 0. The summed E-state index contributed by atoms with van der Waals surface area (Å²) in [5.41, 5.74) is 16.7. The minimum absolute atomic E-state index is 0.0313. The van der Waals surface area contributed by atoms with Crippen LogP contribution in [0.2, 0.25) is 0 Å². The van der Waals surface area contributed by atoms with Crippen molar-refractivity contribution in [1.29, 1.82) is 0 Å². The average molecular weight is 701 g/mol. The Kier molecular flexibility index (Phi) is 8.00.